The van der Waals surface area contributed by atoms with Gasteiger partial charge in [0.25, 0.3) is 0 Å². The van der Waals surface area contributed by atoms with E-state index < -0.39 is 5.60 Å². The van der Waals surface area contributed by atoms with Gasteiger partial charge in [-0.05, 0) is 39.3 Å². The molecule has 0 aliphatic carbocycles. The zero-order valence-corrected chi connectivity index (χ0v) is 17.2. The highest BCUT2D eigenvalue weighted by Crippen LogP contribution is 2.25. The van der Waals surface area contributed by atoms with E-state index in [1.54, 1.807) is 4.90 Å². The Kier molecular flexibility index (Phi) is 6.41. The minimum Gasteiger partial charge on any atom is -0.494 e. The average Bonchev–Trinajstić information content (AvgIpc) is 3.07. The molecule has 2 heterocycles. The number of para-hydroxylation sites is 1. The van der Waals surface area contributed by atoms with Crippen molar-refractivity contribution in [3.63, 3.8) is 0 Å². The summed E-state index contributed by atoms with van der Waals surface area (Å²) in [4.78, 5) is 26.3. The Hall–Kier alpha value is -3.03. The molecule has 2 N–H and O–H groups in total. The third-order valence-corrected chi connectivity index (χ3v) is 4.40. The van der Waals surface area contributed by atoms with E-state index in [9.17, 15) is 9.59 Å². The number of amides is 2. The van der Waals surface area contributed by atoms with E-state index >= 15 is 0 Å². The SMILES string of the molecule is CC(C)(C)OC(=O)N1CCc2[nH]nc(NC(=O)CCCOc3ccccc3)c2C1. The van der Waals surface area contributed by atoms with Gasteiger partial charge in [0, 0.05) is 30.6 Å². The Labute approximate surface area is 170 Å². The Morgan fingerprint density at radius 1 is 1.24 bits per heavy atom. The zero-order valence-electron chi connectivity index (χ0n) is 17.2. The Balaban J connectivity index is 1.49. The fraction of sp³-hybridized carbons (Fsp3) is 0.476. The number of nitrogens with one attached hydrogen (secondary N) is 2. The number of aromatic nitrogens is 2. The van der Waals surface area contributed by atoms with Crippen molar-refractivity contribution in [3.8, 4) is 5.75 Å². The first-order valence-electron chi connectivity index (χ1n) is 9.83. The van der Waals surface area contributed by atoms with Gasteiger partial charge in [0.15, 0.2) is 5.82 Å². The van der Waals surface area contributed by atoms with Crippen molar-refractivity contribution >= 4 is 17.8 Å². The van der Waals surface area contributed by atoms with Crippen molar-refractivity contribution in [1.82, 2.24) is 15.1 Å². The summed E-state index contributed by atoms with van der Waals surface area (Å²) in [7, 11) is 0. The van der Waals surface area contributed by atoms with Crippen molar-refractivity contribution in [2.24, 2.45) is 0 Å². The molecule has 1 aromatic carbocycles. The highest BCUT2D eigenvalue weighted by molar-refractivity contribution is 5.90. The summed E-state index contributed by atoms with van der Waals surface area (Å²) in [5.41, 5.74) is 1.22. The maximum Gasteiger partial charge on any atom is 0.410 e. The number of H-pyrrole nitrogens is 1. The Morgan fingerprint density at radius 2 is 2.00 bits per heavy atom. The summed E-state index contributed by atoms with van der Waals surface area (Å²) in [5, 5.41) is 10.0. The molecule has 29 heavy (non-hydrogen) atoms. The number of anilines is 1. The normalized spacial score (nSPS) is 13.6. The molecule has 156 valence electrons. The summed E-state index contributed by atoms with van der Waals surface area (Å²) >= 11 is 0. The summed E-state index contributed by atoms with van der Waals surface area (Å²) in [6, 6.07) is 9.50. The van der Waals surface area contributed by atoms with Crippen LogP contribution in [-0.4, -0.2) is 45.9 Å². The smallest absolute Gasteiger partial charge is 0.410 e. The number of ether oxygens (including phenoxy) is 2. The van der Waals surface area contributed by atoms with Crippen molar-refractivity contribution in [1.29, 1.82) is 0 Å². The molecule has 0 radical (unpaired) electrons. The van der Waals surface area contributed by atoms with Crippen molar-refractivity contribution in [2.75, 3.05) is 18.5 Å². The molecule has 1 aromatic heterocycles. The molecule has 1 aliphatic rings. The quantitative estimate of drug-likeness (QED) is 0.724. The highest BCUT2D eigenvalue weighted by Gasteiger charge is 2.29. The molecule has 0 saturated heterocycles. The van der Waals surface area contributed by atoms with Gasteiger partial charge in [-0.2, -0.15) is 5.10 Å². The van der Waals surface area contributed by atoms with Crippen molar-refractivity contribution in [2.45, 2.75) is 52.2 Å². The molecule has 8 nitrogen and oxygen atoms in total. The molecule has 8 heteroatoms. The summed E-state index contributed by atoms with van der Waals surface area (Å²) in [6.45, 7) is 6.88. The number of hydrogen-bond acceptors (Lipinski definition) is 5. The molecular weight excluding hydrogens is 372 g/mol. The minimum absolute atomic E-state index is 0.134. The topological polar surface area (TPSA) is 96.5 Å². The maximum atomic E-state index is 12.3. The first-order chi connectivity index (χ1) is 13.8. The third kappa shape index (κ3) is 5.97. The molecule has 0 unspecified atom stereocenters. The molecule has 1 aliphatic heterocycles. The number of nitrogens with zero attached hydrogens (tertiary/aromatic N) is 2. The van der Waals surface area contributed by atoms with Crippen molar-refractivity contribution < 1.29 is 19.1 Å². The van der Waals surface area contributed by atoms with E-state index in [2.05, 4.69) is 15.5 Å². The van der Waals surface area contributed by atoms with Gasteiger partial charge in [0.2, 0.25) is 5.91 Å². The van der Waals surface area contributed by atoms with Crippen LogP contribution in [0.25, 0.3) is 0 Å². The lowest BCUT2D eigenvalue weighted by Gasteiger charge is -2.30. The van der Waals surface area contributed by atoms with Gasteiger partial charge in [0.1, 0.15) is 11.4 Å². The van der Waals surface area contributed by atoms with Crippen LogP contribution in [-0.2, 0) is 22.5 Å². The monoisotopic (exact) mass is 400 g/mol. The first-order valence-corrected chi connectivity index (χ1v) is 9.83. The predicted octanol–water partition coefficient (Wildman–Crippen LogP) is 3.50. The van der Waals surface area contributed by atoms with E-state index in [1.807, 2.05) is 51.1 Å². The van der Waals surface area contributed by atoms with Gasteiger partial charge >= 0.3 is 6.09 Å². The largest absolute Gasteiger partial charge is 0.494 e. The molecule has 0 bridgehead atoms. The summed E-state index contributed by atoms with van der Waals surface area (Å²) in [5.74, 6) is 1.13. The number of aromatic amines is 1. The molecular formula is C21H28N4O4. The van der Waals surface area contributed by atoms with E-state index in [1.165, 1.54) is 0 Å². The summed E-state index contributed by atoms with van der Waals surface area (Å²) < 4.78 is 11.0. The van der Waals surface area contributed by atoms with Crippen LogP contribution in [0.2, 0.25) is 0 Å². The molecule has 2 amide bonds. The maximum absolute atomic E-state index is 12.3. The number of carbonyl (C=O) groups excluding carboxylic acids is 2. The predicted molar refractivity (Wildman–Crippen MR) is 109 cm³/mol. The number of carbonyl (C=O) groups is 2. The number of benzene rings is 1. The molecule has 0 saturated carbocycles. The van der Waals surface area contributed by atoms with Crippen LogP contribution in [0.15, 0.2) is 30.3 Å². The third-order valence-electron chi connectivity index (χ3n) is 4.40. The van der Waals surface area contributed by atoms with Crippen LogP contribution in [0, 0.1) is 0 Å². The van der Waals surface area contributed by atoms with Gasteiger partial charge in [0.05, 0.1) is 13.2 Å². The molecule has 0 atom stereocenters. The van der Waals surface area contributed by atoms with Crippen LogP contribution in [0.5, 0.6) is 5.75 Å². The lowest BCUT2D eigenvalue weighted by Crippen LogP contribution is -2.40. The second-order valence-electron chi connectivity index (χ2n) is 7.99. The first kappa shape index (κ1) is 20.7. The molecule has 3 rings (SSSR count). The fourth-order valence-electron chi connectivity index (χ4n) is 3.01. The van der Waals surface area contributed by atoms with Crippen LogP contribution in [0.1, 0.15) is 44.9 Å². The van der Waals surface area contributed by atoms with Gasteiger partial charge < -0.3 is 19.7 Å². The Morgan fingerprint density at radius 3 is 2.72 bits per heavy atom. The second kappa shape index (κ2) is 8.98. The van der Waals surface area contributed by atoms with Gasteiger partial charge in [-0.15, -0.1) is 0 Å². The number of fused-ring (bicyclic) bond motifs is 1. The van der Waals surface area contributed by atoms with E-state index in [0.717, 1.165) is 17.0 Å². The van der Waals surface area contributed by atoms with Crippen LogP contribution >= 0.6 is 0 Å². The van der Waals surface area contributed by atoms with E-state index in [4.69, 9.17) is 9.47 Å². The van der Waals surface area contributed by atoms with Crippen LogP contribution < -0.4 is 10.1 Å². The van der Waals surface area contributed by atoms with Crippen molar-refractivity contribution in [3.05, 3.63) is 41.6 Å². The minimum atomic E-state index is -0.549. The lowest BCUT2D eigenvalue weighted by atomic mass is 10.1. The molecule has 2 aromatic rings. The van der Waals surface area contributed by atoms with Gasteiger partial charge in [-0.3, -0.25) is 9.89 Å². The van der Waals surface area contributed by atoms with Crippen LogP contribution in [0.4, 0.5) is 10.6 Å². The second-order valence-corrected chi connectivity index (χ2v) is 7.99. The van der Waals surface area contributed by atoms with Gasteiger partial charge in [-0.1, -0.05) is 18.2 Å². The lowest BCUT2D eigenvalue weighted by molar-refractivity contribution is -0.116. The number of hydrogen-bond donors (Lipinski definition) is 2. The zero-order chi connectivity index (χ0) is 20.9. The fourth-order valence-corrected chi connectivity index (χ4v) is 3.01. The molecule has 0 fully saturated rings. The Bertz CT molecular complexity index is 842. The van der Waals surface area contributed by atoms with E-state index in [-0.39, 0.29) is 12.0 Å². The highest BCUT2D eigenvalue weighted by atomic mass is 16.6. The van der Waals surface area contributed by atoms with Gasteiger partial charge in [-0.25, -0.2) is 4.79 Å². The molecule has 0 spiro atoms. The average molecular weight is 400 g/mol. The van der Waals surface area contributed by atoms with E-state index in [0.29, 0.717) is 44.8 Å². The summed E-state index contributed by atoms with van der Waals surface area (Å²) in [6.07, 6.45) is 1.20. The standard InChI is InChI=1S/C21H28N4O4/c1-21(2,3)29-20(27)25-12-11-17-16(14-25)19(24-23-17)22-18(26)10-7-13-28-15-8-5-4-6-9-15/h4-6,8-9H,7,10-14H2,1-3H3,(H2,22,23,24,26). The number of rotatable bonds is 6. The van der Waals surface area contributed by atoms with Crippen LogP contribution in [0.3, 0.4) is 0 Å².